The van der Waals surface area contributed by atoms with Crippen molar-refractivity contribution in [1.82, 2.24) is 10.6 Å². The van der Waals surface area contributed by atoms with Crippen molar-refractivity contribution in [3.05, 3.63) is 0 Å². The lowest BCUT2D eigenvalue weighted by Crippen LogP contribution is -2.48. The molecule has 2 amide bonds. The van der Waals surface area contributed by atoms with Crippen LogP contribution in [0.15, 0.2) is 0 Å². The van der Waals surface area contributed by atoms with E-state index >= 15 is 0 Å². The topological polar surface area (TPSA) is 58.2 Å². The number of hydrogen-bond acceptors (Lipinski definition) is 4. The fraction of sp³-hybridized carbons (Fsp3) is 0.944. The van der Waals surface area contributed by atoms with Gasteiger partial charge in [0.15, 0.2) is 13.1 Å². The van der Waals surface area contributed by atoms with Crippen LogP contribution in [-0.2, 0) is 9.59 Å². The van der Waals surface area contributed by atoms with Crippen molar-refractivity contribution >= 4 is 33.4 Å². The molecule has 0 rings (SSSR count). The fourth-order valence-corrected chi connectivity index (χ4v) is 7.50. The number of likely N-dealkylation sites (N-methyl/N-ethyl adjacent to an activating group) is 2. The Bertz CT molecular complexity index is 621. The number of carbonyl (C=O) groups is 2. The molecule has 0 aliphatic heterocycles. The first-order chi connectivity index (χ1) is 21.1. The molecule has 0 aromatic heterocycles. The van der Waals surface area contributed by atoms with Crippen LogP contribution in [0.1, 0.15) is 142 Å². The van der Waals surface area contributed by atoms with E-state index in [4.69, 9.17) is 0 Å². The second-order valence-electron chi connectivity index (χ2n) is 14.3. The SMILES string of the molecule is CCCCCCCCCCCC[N+](C)(C)CC(=O)NCCSSCCNC(=O)C[N+](C)(C)CCCCCCCCCCCC. The maximum Gasteiger partial charge on any atom is 0.275 e. The molecule has 44 heavy (non-hydrogen) atoms. The van der Waals surface area contributed by atoms with Gasteiger partial charge in [0.05, 0.1) is 41.3 Å². The Morgan fingerprint density at radius 2 is 0.727 bits per heavy atom. The highest BCUT2D eigenvalue weighted by Gasteiger charge is 2.20. The van der Waals surface area contributed by atoms with Crippen LogP contribution in [0.5, 0.6) is 0 Å². The fourth-order valence-electron chi connectivity index (χ4n) is 5.68. The Balaban J connectivity index is 3.66. The number of hydrogen-bond donors (Lipinski definition) is 2. The van der Waals surface area contributed by atoms with Gasteiger partial charge < -0.3 is 19.6 Å². The average molecular weight is 661 g/mol. The number of amides is 2. The van der Waals surface area contributed by atoms with E-state index in [1.54, 1.807) is 21.6 Å². The molecule has 262 valence electrons. The first-order valence-corrected chi connectivity index (χ1v) is 21.0. The van der Waals surface area contributed by atoms with Gasteiger partial charge in [-0.2, -0.15) is 0 Å². The molecule has 0 aliphatic rings. The van der Waals surface area contributed by atoms with Gasteiger partial charge >= 0.3 is 0 Å². The third-order valence-corrected chi connectivity index (χ3v) is 10.9. The number of rotatable bonds is 33. The van der Waals surface area contributed by atoms with E-state index in [9.17, 15) is 9.59 Å². The van der Waals surface area contributed by atoms with Crippen molar-refractivity contribution in [3.8, 4) is 0 Å². The van der Waals surface area contributed by atoms with Crippen LogP contribution in [0.2, 0.25) is 0 Å². The summed E-state index contributed by atoms with van der Waals surface area (Å²) < 4.78 is 1.53. The van der Waals surface area contributed by atoms with Crippen molar-refractivity contribution in [2.24, 2.45) is 0 Å². The molecule has 0 bridgehead atoms. The molecular weight excluding hydrogens is 585 g/mol. The Morgan fingerprint density at radius 1 is 0.455 bits per heavy atom. The molecule has 0 saturated heterocycles. The average Bonchev–Trinajstić information content (AvgIpc) is 2.95. The smallest absolute Gasteiger partial charge is 0.275 e. The molecule has 6 nitrogen and oxygen atoms in total. The van der Waals surface area contributed by atoms with E-state index < -0.39 is 0 Å². The van der Waals surface area contributed by atoms with Crippen molar-refractivity contribution < 1.29 is 18.6 Å². The minimum absolute atomic E-state index is 0.151. The molecule has 0 radical (unpaired) electrons. The van der Waals surface area contributed by atoms with Crippen LogP contribution in [0.3, 0.4) is 0 Å². The number of nitrogens with one attached hydrogen (secondary N) is 2. The number of carbonyl (C=O) groups excluding carboxylic acids is 2. The largest absolute Gasteiger partial charge is 0.350 e. The monoisotopic (exact) mass is 661 g/mol. The zero-order valence-electron chi connectivity index (χ0n) is 30.3. The highest BCUT2D eigenvalue weighted by Crippen LogP contribution is 2.19. The molecule has 0 heterocycles. The van der Waals surface area contributed by atoms with Crippen LogP contribution in [0, 0.1) is 0 Å². The van der Waals surface area contributed by atoms with Gasteiger partial charge in [-0.05, 0) is 25.7 Å². The third kappa shape index (κ3) is 31.5. The maximum absolute atomic E-state index is 12.4. The summed E-state index contributed by atoms with van der Waals surface area (Å²) in [5.74, 6) is 2.08. The summed E-state index contributed by atoms with van der Waals surface area (Å²) in [6, 6.07) is 0. The van der Waals surface area contributed by atoms with Gasteiger partial charge in [-0.25, -0.2) is 0 Å². The van der Waals surface area contributed by atoms with Gasteiger partial charge in [-0.3, -0.25) is 9.59 Å². The summed E-state index contributed by atoms with van der Waals surface area (Å²) >= 11 is 0. The van der Waals surface area contributed by atoms with E-state index in [0.717, 1.165) is 33.6 Å². The summed E-state index contributed by atoms with van der Waals surface area (Å²) in [6.45, 7) is 9.18. The minimum atomic E-state index is 0.151. The van der Waals surface area contributed by atoms with Gasteiger partial charge in [0.25, 0.3) is 11.8 Å². The molecule has 0 spiro atoms. The predicted molar refractivity (Wildman–Crippen MR) is 198 cm³/mol. The molecule has 0 atom stereocenters. The standard InChI is InChI=1S/C36H74N4O2S2/c1-7-9-11-13-15-17-19-21-23-25-29-39(3,4)33-35(41)37-27-31-43-44-32-28-38-36(42)34-40(5,6)30-26-24-22-20-18-16-14-12-10-8-2/h7-34H2,1-6H3/p+2. The molecular formula is C36H76N4O2S2+2. The minimum Gasteiger partial charge on any atom is -0.350 e. The molecule has 0 unspecified atom stereocenters. The quantitative estimate of drug-likeness (QED) is 0.0421. The molecule has 0 saturated carbocycles. The van der Waals surface area contributed by atoms with Gasteiger partial charge in [0, 0.05) is 24.6 Å². The molecule has 2 N–H and O–H groups in total. The van der Waals surface area contributed by atoms with E-state index in [-0.39, 0.29) is 11.8 Å². The lowest BCUT2D eigenvalue weighted by atomic mass is 10.1. The van der Waals surface area contributed by atoms with Crippen molar-refractivity contribution in [2.75, 3.05) is 79.0 Å². The molecule has 0 aliphatic carbocycles. The van der Waals surface area contributed by atoms with Crippen LogP contribution >= 0.6 is 21.6 Å². The lowest BCUT2D eigenvalue weighted by Gasteiger charge is -2.29. The molecule has 0 fully saturated rings. The van der Waals surface area contributed by atoms with Crippen LogP contribution in [-0.4, -0.2) is 99.7 Å². The zero-order chi connectivity index (χ0) is 32.8. The number of quaternary nitrogens is 2. The molecule has 0 aromatic rings. The number of nitrogens with zero attached hydrogens (tertiary/aromatic N) is 2. The summed E-state index contributed by atoms with van der Waals surface area (Å²) in [5.41, 5.74) is 0. The second-order valence-corrected chi connectivity index (χ2v) is 17.0. The van der Waals surface area contributed by atoms with Crippen LogP contribution in [0.4, 0.5) is 0 Å². The first kappa shape index (κ1) is 43.6. The highest BCUT2D eigenvalue weighted by atomic mass is 33.1. The molecule has 0 aromatic carbocycles. The first-order valence-electron chi connectivity index (χ1n) is 18.5. The summed E-state index contributed by atoms with van der Waals surface area (Å²) in [5, 5.41) is 6.18. The van der Waals surface area contributed by atoms with Crippen LogP contribution in [0.25, 0.3) is 0 Å². The van der Waals surface area contributed by atoms with Crippen LogP contribution < -0.4 is 10.6 Å². The predicted octanol–water partition coefficient (Wildman–Crippen LogP) is 8.59. The van der Waals surface area contributed by atoms with E-state index in [0.29, 0.717) is 26.2 Å². The van der Waals surface area contributed by atoms with Gasteiger partial charge in [0.2, 0.25) is 0 Å². The third-order valence-electron chi connectivity index (χ3n) is 8.48. The highest BCUT2D eigenvalue weighted by molar-refractivity contribution is 8.76. The van der Waals surface area contributed by atoms with Gasteiger partial charge in [0.1, 0.15) is 0 Å². The Hall–Kier alpha value is -0.440. The van der Waals surface area contributed by atoms with E-state index in [1.165, 1.54) is 128 Å². The summed E-state index contributed by atoms with van der Waals surface area (Å²) in [7, 11) is 12.2. The Morgan fingerprint density at radius 3 is 1.02 bits per heavy atom. The maximum atomic E-state index is 12.4. The van der Waals surface area contributed by atoms with Gasteiger partial charge in [-0.15, -0.1) is 0 Å². The van der Waals surface area contributed by atoms with Crippen molar-refractivity contribution in [1.29, 1.82) is 0 Å². The normalized spacial score (nSPS) is 12.0. The Labute approximate surface area is 283 Å². The lowest BCUT2D eigenvalue weighted by molar-refractivity contribution is -0.882. The van der Waals surface area contributed by atoms with Crippen molar-refractivity contribution in [3.63, 3.8) is 0 Å². The zero-order valence-corrected chi connectivity index (χ0v) is 32.0. The summed E-state index contributed by atoms with van der Waals surface area (Å²) in [6.07, 6.45) is 26.9. The van der Waals surface area contributed by atoms with E-state index in [2.05, 4.69) is 52.7 Å². The van der Waals surface area contributed by atoms with Crippen molar-refractivity contribution in [2.45, 2.75) is 142 Å². The Kier molecular flexibility index (Phi) is 29.6. The van der Waals surface area contributed by atoms with E-state index in [1.807, 2.05) is 0 Å². The summed E-state index contributed by atoms with van der Waals surface area (Å²) in [4.78, 5) is 24.9. The van der Waals surface area contributed by atoms with Gasteiger partial charge in [-0.1, -0.05) is 138 Å². The molecule has 8 heteroatoms. The number of unbranched alkanes of at least 4 members (excludes halogenated alkanes) is 18. The second kappa shape index (κ2) is 29.9.